The number of hydrogen-bond donors (Lipinski definition) is 2. The van der Waals surface area contributed by atoms with E-state index in [1.165, 1.54) is 11.3 Å². The molecule has 0 bridgehead atoms. The molecule has 0 saturated carbocycles. The van der Waals surface area contributed by atoms with E-state index in [2.05, 4.69) is 10.6 Å². The van der Waals surface area contributed by atoms with Gasteiger partial charge in [-0.1, -0.05) is 11.6 Å². The van der Waals surface area contributed by atoms with E-state index in [-0.39, 0.29) is 17.5 Å². The third kappa shape index (κ3) is 5.52. The van der Waals surface area contributed by atoms with Gasteiger partial charge in [-0.25, -0.2) is 0 Å². The highest BCUT2D eigenvalue weighted by atomic mass is 35.5. The number of hydrogen-bond acceptors (Lipinski definition) is 3. The van der Waals surface area contributed by atoms with Gasteiger partial charge in [0.15, 0.2) is 0 Å². The number of halogens is 1. The summed E-state index contributed by atoms with van der Waals surface area (Å²) in [5, 5.41) is 8.08. The lowest BCUT2D eigenvalue weighted by Gasteiger charge is -2.21. The second-order valence-electron chi connectivity index (χ2n) is 5.08. The fourth-order valence-corrected chi connectivity index (χ4v) is 2.36. The zero-order chi connectivity index (χ0) is 13.1. The van der Waals surface area contributed by atoms with Gasteiger partial charge in [0.2, 0.25) is 5.91 Å². The number of rotatable bonds is 4. The molecule has 0 aliphatic rings. The standard InChI is InChI=1S/C12H19ClN2OS/c1-8(9-5-10(13)17-7-9)14-6-11(16)15-12(2,3)4/h5,7-8,14H,6H2,1-4H3,(H,15,16). The quantitative estimate of drug-likeness (QED) is 0.886. The summed E-state index contributed by atoms with van der Waals surface area (Å²) in [6.45, 7) is 8.22. The summed E-state index contributed by atoms with van der Waals surface area (Å²) in [5.41, 5.74) is 0.928. The van der Waals surface area contributed by atoms with E-state index in [0.29, 0.717) is 6.54 Å². The molecule has 0 aromatic carbocycles. The number of carbonyl (C=O) groups excluding carboxylic acids is 1. The van der Waals surface area contributed by atoms with Gasteiger partial charge in [-0.2, -0.15) is 0 Å². The van der Waals surface area contributed by atoms with Gasteiger partial charge in [0, 0.05) is 11.6 Å². The number of nitrogens with one attached hydrogen (secondary N) is 2. The van der Waals surface area contributed by atoms with Crippen LogP contribution in [0.25, 0.3) is 0 Å². The second kappa shape index (κ2) is 5.85. The maximum atomic E-state index is 11.6. The Kier molecular flexibility index (Phi) is 4.98. The van der Waals surface area contributed by atoms with Crippen LogP contribution in [0.5, 0.6) is 0 Å². The van der Waals surface area contributed by atoms with Crippen LogP contribution in [0, 0.1) is 0 Å². The SMILES string of the molecule is CC(NCC(=O)NC(C)(C)C)c1csc(Cl)c1. The first-order chi connectivity index (χ1) is 7.78. The molecule has 0 aliphatic heterocycles. The molecule has 1 aromatic rings. The highest BCUT2D eigenvalue weighted by Crippen LogP contribution is 2.24. The van der Waals surface area contributed by atoms with Crippen LogP contribution in [0.4, 0.5) is 0 Å². The molecule has 0 fully saturated rings. The fourth-order valence-electron chi connectivity index (χ4n) is 1.38. The first kappa shape index (κ1) is 14.5. The Bertz CT molecular complexity index is 384. The highest BCUT2D eigenvalue weighted by molar-refractivity contribution is 7.14. The van der Waals surface area contributed by atoms with Crippen LogP contribution in [0.1, 0.15) is 39.3 Å². The van der Waals surface area contributed by atoms with Crippen molar-refractivity contribution < 1.29 is 4.79 Å². The van der Waals surface area contributed by atoms with Crippen molar-refractivity contribution in [1.82, 2.24) is 10.6 Å². The Hall–Kier alpha value is -0.580. The van der Waals surface area contributed by atoms with Gasteiger partial charge < -0.3 is 10.6 Å². The monoisotopic (exact) mass is 274 g/mol. The number of carbonyl (C=O) groups is 1. The van der Waals surface area contributed by atoms with Gasteiger partial charge in [-0.15, -0.1) is 11.3 Å². The first-order valence-corrected chi connectivity index (χ1v) is 6.82. The molecule has 0 spiro atoms. The minimum atomic E-state index is -0.187. The molecular weight excluding hydrogens is 256 g/mol. The number of thiophene rings is 1. The molecule has 17 heavy (non-hydrogen) atoms. The zero-order valence-corrected chi connectivity index (χ0v) is 12.2. The molecule has 5 heteroatoms. The van der Waals surface area contributed by atoms with Crippen molar-refractivity contribution in [3.8, 4) is 0 Å². The van der Waals surface area contributed by atoms with E-state index in [4.69, 9.17) is 11.6 Å². The van der Waals surface area contributed by atoms with Crippen LogP contribution < -0.4 is 10.6 Å². The van der Waals surface area contributed by atoms with Crippen LogP contribution >= 0.6 is 22.9 Å². The first-order valence-electron chi connectivity index (χ1n) is 5.56. The molecule has 2 N–H and O–H groups in total. The Labute approximate surface area is 112 Å². The molecule has 0 radical (unpaired) electrons. The van der Waals surface area contributed by atoms with Crippen LogP contribution in [-0.2, 0) is 4.79 Å². The lowest BCUT2D eigenvalue weighted by Crippen LogP contribution is -2.45. The smallest absolute Gasteiger partial charge is 0.234 e. The summed E-state index contributed by atoms with van der Waals surface area (Å²) in [6.07, 6.45) is 0. The Balaban J connectivity index is 2.38. The molecule has 3 nitrogen and oxygen atoms in total. The van der Waals surface area contributed by atoms with E-state index >= 15 is 0 Å². The Morgan fingerprint density at radius 1 is 1.53 bits per heavy atom. The maximum absolute atomic E-state index is 11.6. The molecular formula is C12H19ClN2OS. The predicted octanol–water partition coefficient (Wildman–Crippen LogP) is 2.97. The third-order valence-electron chi connectivity index (χ3n) is 2.17. The predicted molar refractivity (Wildman–Crippen MR) is 73.6 cm³/mol. The lowest BCUT2D eigenvalue weighted by atomic mass is 10.1. The average molecular weight is 275 g/mol. The van der Waals surface area contributed by atoms with Crippen molar-refractivity contribution in [1.29, 1.82) is 0 Å². The van der Waals surface area contributed by atoms with Gasteiger partial charge in [0.05, 0.1) is 10.9 Å². The van der Waals surface area contributed by atoms with Crippen LogP contribution in [0.3, 0.4) is 0 Å². The molecule has 1 heterocycles. The minimum absolute atomic E-state index is 0.00526. The van der Waals surface area contributed by atoms with Crippen molar-refractivity contribution in [2.75, 3.05) is 6.54 Å². The molecule has 1 rings (SSSR count). The van der Waals surface area contributed by atoms with E-state index in [1.807, 2.05) is 39.1 Å². The van der Waals surface area contributed by atoms with Gasteiger partial charge in [-0.05, 0) is 44.7 Å². The summed E-state index contributed by atoms with van der Waals surface area (Å²) >= 11 is 7.37. The van der Waals surface area contributed by atoms with Crippen LogP contribution in [0.15, 0.2) is 11.4 Å². The summed E-state index contributed by atoms with van der Waals surface area (Å²) < 4.78 is 0.771. The Morgan fingerprint density at radius 2 is 2.18 bits per heavy atom. The zero-order valence-electron chi connectivity index (χ0n) is 10.6. The van der Waals surface area contributed by atoms with Gasteiger partial charge in [0.1, 0.15) is 0 Å². The van der Waals surface area contributed by atoms with E-state index in [1.54, 1.807) is 0 Å². The van der Waals surface area contributed by atoms with E-state index in [9.17, 15) is 4.79 Å². The average Bonchev–Trinajstić information content (AvgIpc) is 2.58. The summed E-state index contributed by atoms with van der Waals surface area (Å²) in [6, 6.07) is 2.05. The van der Waals surface area contributed by atoms with E-state index < -0.39 is 0 Å². The largest absolute Gasteiger partial charge is 0.350 e. The molecule has 1 atom stereocenters. The highest BCUT2D eigenvalue weighted by Gasteiger charge is 2.14. The summed E-state index contributed by atoms with van der Waals surface area (Å²) in [5.74, 6) is 0.00526. The fraction of sp³-hybridized carbons (Fsp3) is 0.583. The van der Waals surface area contributed by atoms with Gasteiger partial charge >= 0.3 is 0 Å². The van der Waals surface area contributed by atoms with E-state index in [0.717, 1.165) is 9.90 Å². The number of amides is 1. The van der Waals surface area contributed by atoms with Crippen molar-refractivity contribution in [2.24, 2.45) is 0 Å². The van der Waals surface area contributed by atoms with Crippen molar-refractivity contribution in [3.05, 3.63) is 21.3 Å². The van der Waals surface area contributed by atoms with Gasteiger partial charge in [-0.3, -0.25) is 4.79 Å². The normalized spacial score (nSPS) is 13.5. The van der Waals surface area contributed by atoms with Crippen LogP contribution in [0.2, 0.25) is 4.34 Å². The molecule has 1 aromatic heterocycles. The maximum Gasteiger partial charge on any atom is 0.234 e. The molecule has 0 aliphatic carbocycles. The lowest BCUT2D eigenvalue weighted by molar-refractivity contribution is -0.121. The summed E-state index contributed by atoms with van der Waals surface area (Å²) in [4.78, 5) is 11.6. The molecule has 96 valence electrons. The molecule has 0 saturated heterocycles. The minimum Gasteiger partial charge on any atom is -0.350 e. The van der Waals surface area contributed by atoms with Crippen molar-refractivity contribution in [2.45, 2.75) is 39.3 Å². The third-order valence-corrected chi connectivity index (χ3v) is 3.28. The van der Waals surface area contributed by atoms with Crippen molar-refractivity contribution >= 4 is 28.8 Å². The van der Waals surface area contributed by atoms with Crippen molar-refractivity contribution in [3.63, 3.8) is 0 Å². The topological polar surface area (TPSA) is 41.1 Å². The molecule has 1 unspecified atom stereocenters. The summed E-state index contributed by atoms with van der Waals surface area (Å²) in [7, 11) is 0. The molecule has 1 amide bonds. The second-order valence-corrected chi connectivity index (χ2v) is 6.63. The Morgan fingerprint density at radius 3 is 2.65 bits per heavy atom. The van der Waals surface area contributed by atoms with Gasteiger partial charge in [0.25, 0.3) is 0 Å². The van der Waals surface area contributed by atoms with Crippen LogP contribution in [-0.4, -0.2) is 18.0 Å².